The standard InChI is InChI=1S/C56H90N8O10S/c1-4-5-6-7-8-9-10-11-12-13-14-15-16-17-18-19-24-43(44-30-34-63(3)35-31-44)25-20-21-32-58-53(71)45-28-26-42(27-29-45)39-64-50(67)37-47(54(64)72)75-40-49(66)62-56(57)59-33-22-23-41(2)52(70)60-38-48(65)61-46(55(73)74)36-51(68)69/h11-12,30-31,34-35,37,41-43,45-46H,4-10,13-29,32-33,36,38-40H2,1-3H3,(H9-,57,58,59,60,61,62,65,66,67,68,69,70,71,72,73,74)/p+1. The highest BCUT2D eigenvalue weighted by Gasteiger charge is 2.28. The topological polar surface area (TPSA) is 279 Å². The zero-order chi connectivity index (χ0) is 54.8. The lowest BCUT2D eigenvalue weighted by Gasteiger charge is -2.28. The van der Waals surface area contributed by atoms with E-state index in [1.165, 1.54) is 113 Å². The summed E-state index contributed by atoms with van der Waals surface area (Å²) in [5, 5.41) is 49.7. The van der Waals surface area contributed by atoms with E-state index in [4.69, 9.17) is 15.9 Å². The maximum atomic E-state index is 13.2. The van der Waals surface area contributed by atoms with Crippen molar-refractivity contribution in [1.29, 1.82) is 0 Å². The molecule has 2 aromatic heterocycles. The van der Waals surface area contributed by atoms with Gasteiger partial charge in [-0.2, -0.15) is 0 Å². The number of nitrogens with two attached hydrogens (primary N) is 1. The molecule has 0 aliphatic heterocycles. The van der Waals surface area contributed by atoms with Gasteiger partial charge in [-0.15, -0.1) is 11.8 Å². The van der Waals surface area contributed by atoms with Gasteiger partial charge in [0.1, 0.15) is 13.1 Å². The van der Waals surface area contributed by atoms with Crippen LogP contribution in [0.4, 0.5) is 0 Å². The third-order valence-corrected chi connectivity index (χ3v) is 15.1. The van der Waals surface area contributed by atoms with E-state index in [0.29, 0.717) is 36.7 Å². The fraction of sp³-hybridized carbons (Fsp3) is 0.679. The molecule has 1 aliphatic carbocycles. The van der Waals surface area contributed by atoms with Gasteiger partial charge in [0.25, 0.3) is 0 Å². The van der Waals surface area contributed by atoms with Crippen molar-refractivity contribution in [3.63, 3.8) is 0 Å². The van der Waals surface area contributed by atoms with Crippen molar-refractivity contribution in [2.24, 2.45) is 35.5 Å². The Labute approximate surface area is 449 Å². The molecule has 1 aliphatic rings. The molecule has 2 heterocycles. The smallest absolute Gasteiger partial charge is 0.326 e. The van der Waals surface area contributed by atoms with Gasteiger partial charge in [0, 0.05) is 49.7 Å². The highest BCUT2D eigenvalue weighted by atomic mass is 32.2. The van der Waals surface area contributed by atoms with Gasteiger partial charge in [0.2, 0.25) is 29.5 Å². The van der Waals surface area contributed by atoms with Crippen LogP contribution in [-0.4, -0.2) is 97.9 Å². The Morgan fingerprint density at radius 2 is 1.43 bits per heavy atom. The molecular formula is C56H91N8O10S+. The molecule has 3 unspecified atom stereocenters. The number of unbranched alkanes of at least 4 members (excludes halogenated alkanes) is 13. The number of pyridine rings is 1. The van der Waals surface area contributed by atoms with Crippen molar-refractivity contribution in [2.45, 2.75) is 198 Å². The number of rotatable bonds is 39. The SMILES string of the molecule is CCCCCCCCC=CCCCCCCCCC(CCCCNC(=O)C1CCC(Cn2c(O)cc(SCC(=O)NC(N)=NCCCC(C)C(=O)NCC(=O)NC(CC(=O)O)C(=O)O)c2O)CC1)c1cc[n+](C)cc1. The first-order valence-corrected chi connectivity index (χ1v) is 28.8. The molecule has 1 saturated carbocycles. The number of guanidine groups is 1. The normalized spacial score (nSPS) is 16.0. The van der Waals surface area contributed by atoms with Crippen molar-refractivity contribution in [3.8, 4) is 11.8 Å². The maximum absolute atomic E-state index is 13.2. The van der Waals surface area contributed by atoms with E-state index in [-0.39, 0.29) is 47.8 Å². The first kappa shape index (κ1) is 63.7. The molecule has 0 bridgehead atoms. The van der Waals surface area contributed by atoms with E-state index in [9.17, 15) is 39.0 Å². The van der Waals surface area contributed by atoms with E-state index < -0.39 is 54.6 Å². The lowest BCUT2D eigenvalue weighted by Crippen LogP contribution is -2.47. The van der Waals surface area contributed by atoms with Crippen molar-refractivity contribution in [1.82, 2.24) is 25.8 Å². The predicted octanol–water partition coefficient (Wildman–Crippen LogP) is 8.13. The number of hydrogen-bond acceptors (Lipinski definition) is 10. The molecule has 0 radical (unpaired) electrons. The summed E-state index contributed by atoms with van der Waals surface area (Å²) in [4.78, 5) is 76.6. The number of carbonyl (C=O) groups is 6. The molecule has 3 atom stereocenters. The number of aryl methyl sites for hydroxylation is 1. The number of carbonyl (C=O) groups excluding carboxylic acids is 4. The Bertz CT molecular complexity index is 2090. The highest BCUT2D eigenvalue weighted by Crippen LogP contribution is 2.38. The van der Waals surface area contributed by atoms with E-state index in [1.807, 2.05) is 0 Å². The number of carboxylic acids is 2. The Hall–Kier alpha value is -5.59. The molecule has 2 aromatic rings. The Balaban J connectivity index is 1.28. The second-order valence-corrected chi connectivity index (χ2v) is 21.5. The fourth-order valence-electron chi connectivity index (χ4n) is 9.48. The number of nitrogens with one attached hydrogen (secondary N) is 4. The van der Waals surface area contributed by atoms with Crippen molar-refractivity contribution in [2.75, 3.05) is 25.4 Å². The van der Waals surface area contributed by atoms with Crippen molar-refractivity contribution >= 4 is 53.3 Å². The number of carboxylic acid groups (broad SMARTS) is 2. The molecule has 3 rings (SSSR count). The molecule has 4 amide bonds. The van der Waals surface area contributed by atoms with Gasteiger partial charge in [0.05, 0.1) is 23.6 Å². The number of aromatic nitrogens is 2. The number of hydrogen-bond donors (Lipinski definition) is 9. The summed E-state index contributed by atoms with van der Waals surface area (Å²) >= 11 is 1.03. The number of aromatic hydroxyl groups is 2. The third kappa shape index (κ3) is 27.2. The molecule has 0 spiro atoms. The molecule has 18 nitrogen and oxygen atoms in total. The molecule has 19 heteroatoms. The van der Waals surface area contributed by atoms with Crippen LogP contribution in [0.3, 0.4) is 0 Å². The van der Waals surface area contributed by atoms with Crippen LogP contribution in [0, 0.1) is 17.8 Å². The summed E-state index contributed by atoms with van der Waals surface area (Å²) in [7, 11) is 2.05. The minimum absolute atomic E-state index is 0.0580. The van der Waals surface area contributed by atoms with Gasteiger partial charge in [-0.05, 0) is 101 Å². The minimum atomic E-state index is -1.62. The second kappa shape index (κ2) is 37.2. The number of amides is 4. The molecule has 0 saturated heterocycles. The molecule has 1 fully saturated rings. The van der Waals surface area contributed by atoms with Gasteiger partial charge in [-0.1, -0.05) is 96.6 Å². The highest BCUT2D eigenvalue weighted by molar-refractivity contribution is 8.00. The van der Waals surface area contributed by atoms with Crippen LogP contribution in [0.15, 0.2) is 52.6 Å². The molecular weight excluding hydrogens is 977 g/mol. The third-order valence-electron chi connectivity index (χ3n) is 14.1. The summed E-state index contributed by atoms with van der Waals surface area (Å²) in [5.74, 6) is -5.01. The van der Waals surface area contributed by atoms with Crippen LogP contribution in [0.1, 0.15) is 186 Å². The van der Waals surface area contributed by atoms with Crippen LogP contribution in [0.2, 0.25) is 0 Å². The summed E-state index contributed by atoms with van der Waals surface area (Å²) in [6, 6.07) is 4.31. The fourth-order valence-corrected chi connectivity index (χ4v) is 10.3. The Morgan fingerprint density at radius 3 is 2.05 bits per heavy atom. The zero-order valence-electron chi connectivity index (χ0n) is 45.2. The lowest BCUT2D eigenvalue weighted by molar-refractivity contribution is -0.671. The average Bonchev–Trinajstić information content (AvgIpc) is 3.65. The van der Waals surface area contributed by atoms with Crippen molar-refractivity contribution in [3.05, 3.63) is 48.3 Å². The summed E-state index contributed by atoms with van der Waals surface area (Å²) in [6.45, 7) is 4.60. The monoisotopic (exact) mass is 1070 g/mol. The number of allylic oxidation sites excluding steroid dienone is 2. The Kier molecular flexibility index (Phi) is 31.6. The predicted molar refractivity (Wildman–Crippen MR) is 293 cm³/mol. The number of aliphatic imine (C=N–C) groups is 1. The number of thioether (sulfide) groups is 1. The van der Waals surface area contributed by atoms with E-state index in [1.54, 1.807) is 6.92 Å². The maximum Gasteiger partial charge on any atom is 0.326 e. The quantitative estimate of drug-likeness (QED) is 0.00767. The van der Waals surface area contributed by atoms with Gasteiger partial charge in [-0.25, -0.2) is 9.36 Å². The van der Waals surface area contributed by atoms with Gasteiger partial charge < -0.3 is 42.1 Å². The zero-order valence-corrected chi connectivity index (χ0v) is 46.0. The van der Waals surface area contributed by atoms with Crippen LogP contribution in [0.5, 0.6) is 11.8 Å². The average molecular weight is 1070 g/mol. The minimum Gasteiger partial charge on any atom is -0.494 e. The van der Waals surface area contributed by atoms with E-state index in [2.05, 4.69) is 81.5 Å². The summed E-state index contributed by atoms with van der Waals surface area (Å²) in [6.07, 6.45) is 34.7. The van der Waals surface area contributed by atoms with Crippen LogP contribution < -0.4 is 31.6 Å². The van der Waals surface area contributed by atoms with Crippen LogP contribution in [-0.2, 0) is 42.4 Å². The second-order valence-electron chi connectivity index (χ2n) is 20.4. The molecule has 10 N–H and O–H groups in total. The summed E-state index contributed by atoms with van der Waals surface area (Å²) < 4.78 is 3.52. The van der Waals surface area contributed by atoms with E-state index in [0.717, 1.165) is 56.7 Å². The van der Waals surface area contributed by atoms with E-state index >= 15 is 0 Å². The van der Waals surface area contributed by atoms with Gasteiger partial charge in [0.15, 0.2) is 24.2 Å². The first-order chi connectivity index (χ1) is 36.1. The first-order valence-electron chi connectivity index (χ1n) is 27.8. The van der Waals surface area contributed by atoms with Gasteiger partial charge in [-0.3, -0.25) is 38.8 Å². The van der Waals surface area contributed by atoms with Gasteiger partial charge >= 0.3 is 11.9 Å². The summed E-state index contributed by atoms with van der Waals surface area (Å²) in [5.41, 5.74) is 7.29. The van der Waals surface area contributed by atoms with Crippen molar-refractivity contribution < 1.29 is 53.8 Å². The number of nitrogens with zero attached hydrogens (tertiary/aromatic N) is 3. The molecule has 0 aromatic carbocycles. The number of aliphatic carboxylic acids is 2. The Morgan fingerprint density at radius 1 is 0.813 bits per heavy atom. The molecule has 420 valence electrons. The van der Waals surface area contributed by atoms with Crippen LogP contribution in [0.25, 0.3) is 0 Å². The lowest BCUT2D eigenvalue weighted by atomic mass is 9.81. The molecule has 75 heavy (non-hydrogen) atoms. The van der Waals surface area contributed by atoms with Crippen LogP contribution >= 0.6 is 11.8 Å². The largest absolute Gasteiger partial charge is 0.494 e.